The Balaban J connectivity index is 2.05. The maximum absolute atomic E-state index is 11.8. The molecule has 74 valence electrons. The molecule has 0 unspecified atom stereocenters. The molecule has 1 N–H and O–H groups in total. The van der Waals surface area contributed by atoms with Gasteiger partial charge in [-0.1, -0.05) is 0 Å². The van der Waals surface area contributed by atoms with Gasteiger partial charge in [-0.05, 0) is 12.8 Å². The van der Waals surface area contributed by atoms with Crippen LogP contribution in [0.1, 0.15) is 12.8 Å². The second-order valence-electron chi connectivity index (χ2n) is 3.77. The number of rotatable bonds is 1. The van der Waals surface area contributed by atoms with Crippen molar-refractivity contribution >= 4 is 11.8 Å². The van der Waals surface area contributed by atoms with Crippen LogP contribution in [0.15, 0.2) is 0 Å². The monoisotopic (exact) mass is 193 g/mol. The Morgan fingerprint density at radius 2 is 2.29 bits per heavy atom. The fourth-order valence-corrected chi connectivity index (χ4v) is 1.61. The van der Waals surface area contributed by atoms with E-state index in [1.54, 1.807) is 0 Å². The molecule has 1 heterocycles. The molecule has 2 amide bonds. The number of nitrogens with one attached hydrogen (secondary N) is 1. The molecule has 1 aliphatic heterocycles. The molecule has 1 saturated carbocycles. The number of hydrogen-bond donors (Lipinski definition) is 1. The van der Waals surface area contributed by atoms with Crippen LogP contribution in [0.4, 0.5) is 0 Å². The molecule has 0 bridgehead atoms. The summed E-state index contributed by atoms with van der Waals surface area (Å²) in [7, 11) is 0. The highest BCUT2D eigenvalue weighted by Crippen LogP contribution is 2.46. The Hall–Kier alpha value is -1.57. The Labute approximate surface area is 81.7 Å². The lowest BCUT2D eigenvalue weighted by atomic mass is 10.1. The largest absolute Gasteiger partial charge is 0.353 e. The van der Waals surface area contributed by atoms with E-state index >= 15 is 0 Å². The summed E-state index contributed by atoms with van der Waals surface area (Å²) in [6.45, 7) is 1.11. The van der Waals surface area contributed by atoms with Gasteiger partial charge in [0.1, 0.15) is 5.41 Å². The topological polar surface area (TPSA) is 73.2 Å². The number of piperazine rings is 1. The van der Waals surface area contributed by atoms with Crippen molar-refractivity contribution in [2.75, 3.05) is 19.6 Å². The van der Waals surface area contributed by atoms with Crippen molar-refractivity contribution in [1.82, 2.24) is 10.2 Å². The van der Waals surface area contributed by atoms with E-state index in [1.807, 2.05) is 6.07 Å². The summed E-state index contributed by atoms with van der Waals surface area (Å²) in [5.74, 6) is -0.312. The fraction of sp³-hybridized carbons (Fsp3) is 0.667. The first-order chi connectivity index (χ1) is 6.68. The quantitative estimate of drug-likeness (QED) is 0.595. The molecule has 0 aromatic heterocycles. The normalized spacial score (nSPS) is 23.6. The van der Waals surface area contributed by atoms with Crippen LogP contribution >= 0.6 is 0 Å². The minimum absolute atomic E-state index is 0.0995. The second-order valence-corrected chi connectivity index (χ2v) is 3.77. The Morgan fingerprint density at radius 1 is 1.57 bits per heavy atom. The molecule has 0 atom stereocenters. The molecule has 1 aliphatic carbocycles. The van der Waals surface area contributed by atoms with Gasteiger partial charge in [0.25, 0.3) is 0 Å². The van der Waals surface area contributed by atoms with Gasteiger partial charge in [0.2, 0.25) is 11.8 Å². The molecule has 14 heavy (non-hydrogen) atoms. The average molecular weight is 193 g/mol. The molecule has 5 nitrogen and oxygen atoms in total. The van der Waals surface area contributed by atoms with Crippen LogP contribution in [-0.4, -0.2) is 36.3 Å². The number of carbonyl (C=O) groups is 2. The van der Waals surface area contributed by atoms with E-state index in [4.69, 9.17) is 5.26 Å². The van der Waals surface area contributed by atoms with E-state index in [2.05, 4.69) is 5.32 Å². The zero-order chi connectivity index (χ0) is 10.2. The molecule has 5 heteroatoms. The van der Waals surface area contributed by atoms with Crippen LogP contribution in [0.2, 0.25) is 0 Å². The van der Waals surface area contributed by atoms with Crippen LogP contribution in [0, 0.1) is 16.7 Å². The second kappa shape index (κ2) is 2.98. The zero-order valence-corrected chi connectivity index (χ0v) is 7.75. The Bertz CT molecular complexity index is 327. The van der Waals surface area contributed by atoms with Gasteiger partial charge in [0.15, 0.2) is 0 Å². The molecule has 2 fully saturated rings. The van der Waals surface area contributed by atoms with Crippen molar-refractivity contribution in [3.63, 3.8) is 0 Å². The highest BCUT2D eigenvalue weighted by Gasteiger charge is 2.52. The standard InChI is InChI=1S/C9H11N3O2/c10-6-9(1-2-9)8(14)12-4-3-11-7(13)5-12/h1-5H2,(H,11,13). The molecular weight excluding hydrogens is 182 g/mol. The zero-order valence-electron chi connectivity index (χ0n) is 7.75. The summed E-state index contributed by atoms with van der Waals surface area (Å²) < 4.78 is 0. The van der Waals surface area contributed by atoms with Crippen molar-refractivity contribution in [2.45, 2.75) is 12.8 Å². The average Bonchev–Trinajstić information content (AvgIpc) is 2.97. The summed E-state index contributed by atoms with van der Waals surface area (Å²) in [5, 5.41) is 11.5. The van der Waals surface area contributed by atoms with Crippen molar-refractivity contribution in [3.8, 4) is 6.07 Å². The van der Waals surface area contributed by atoms with E-state index in [1.165, 1.54) is 4.90 Å². The molecule has 0 radical (unpaired) electrons. The van der Waals surface area contributed by atoms with Crippen molar-refractivity contribution < 1.29 is 9.59 Å². The van der Waals surface area contributed by atoms with E-state index < -0.39 is 5.41 Å². The SMILES string of the molecule is N#CC1(C(=O)N2CCNC(=O)C2)CC1. The molecule has 0 aromatic rings. The third kappa shape index (κ3) is 1.33. The number of carbonyl (C=O) groups excluding carboxylic acids is 2. The third-order valence-corrected chi connectivity index (χ3v) is 2.70. The predicted octanol–water partition coefficient (Wildman–Crippen LogP) is -0.751. The summed E-state index contributed by atoms with van der Waals surface area (Å²) in [6.07, 6.45) is 1.28. The Morgan fingerprint density at radius 3 is 2.79 bits per heavy atom. The highest BCUT2D eigenvalue weighted by molar-refractivity contribution is 5.92. The number of amides is 2. The lowest BCUT2D eigenvalue weighted by Gasteiger charge is -2.28. The summed E-state index contributed by atoms with van der Waals surface area (Å²) in [6, 6.07) is 2.04. The van der Waals surface area contributed by atoms with Gasteiger partial charge in [0.05, 0.1) is 12.6 Å². The van der Waals surface area contributed by atoms with Crippen LogP contribution in [0.25, 0.3) is 0 Å². The maximum atomic E-state index is 11.8. The molecule has 2 rings (SSSR count). The first-order valence-electron chi connectivity index (χ1n) is 4.65. The summed E-state index contributed by atoms with van der Waals surface area (Å²) >= 11 is 0. The van der Waals surface area contributed by atoms with Gasteiger partial charge in [-0.15, -0.1) is 0 Å². The number of nitriles is 1. The van der Waals surface area contributed by atoms with Gasteiger partial charge in [-0.3, -0.25) is 9.59 Å². The minimum Gasteiger partial charge on any atom is -0.353 e. The number of nitrogens with zero attached hydrogens (tertiary/aromatic N) is 2. The first-order valence-corrected chi connectivity index (χ1v) is 4.65. The Kier molecular flexibility index (Phi) is 1.92. The van der Waals surface area contributed by atoms with E-state index in [0.717, 1.165) is 0 Å². The minimum atomic E-state index is -0.794. The van der Waals surface area contributed by atoms with Crippen LogP contribution < -0.4 is 5.32 Å². The van der Waals surface area contributed by atoms with Gasteiger partial charge < -0.3 is 10.2 Å². The van der Waals surface area contributed by atoms with Gasteiger partial charge in [-0.2, -0.15) is 5.26 Å². The fourth-order valence-electron chi connectivity index (χ4n) is 1.61. The first kappa shape index (κ1) is 9.00. The molecule has 1 saturated heterocycles. The lowest BCUT2D eigenvalue weighted by Crippen LogP contribution is -2.51. The number of hydrogen-bond acceptors (Lipinski definition) is 3. The smallest absolute Gasteiger partial charge is 0.243 e. The molecule has 0 aromatic carbocycles. The van der Waals surface area contributed by atoms with E-state index in [-0.39, 0.29) is 18.4 Å². The van der Waals surface area contributed by atoms with Crippen LogP contribution in [-0.2, 0) is 9.59 Å². The summed E-state index contributed by atoms with van der Waals surface area (Å²) in [4.78, 5) is 24.3. The van der Waals surface area contributed by atoms with Gasteiger partial charge in [0, 0.05) is 13.1 Å². The van der Waals surface area contributed by atoms with Crippen molar-refractivity contribution in [1.29, 1.82) is 5.26 Å². The van der Waals surface area contributed by atoms with E-state index in [9.17, 15) is 9.59 Å². The molecule has 0 spiro atoms. The van der Waals surface area contributed by atoms with Crippen molar-refractivity contribution in [2.24, 2.45) is 5.41 Å². The molecular formula is C9H11N3O2. The highest BCUT2D eigenvalue weighted by atomic mass is 16.2. The van der Waals surface area contributed by atoms with Crippen molar-refractivity contribution in [3.05, 3.63) is 0 Å². The van der Waals surface area contributed by atoms with Gasteiger partial charge >= 0.3 is 0 Å². The third-order valence-electron chi connectivity index (χ3n) is 2.70. The maximum Gasteiger partial charge on any atom is 0.243 e. The predicted molar refractivity (Wildman–Crippen MR) is 46.9 cm³/mol. The van der Waals surface area contributed by atoms with Gasteiger partial charge in [-0.25, -0.2) is 0 Å². The lowest BCUT2D eigenvalue weighted by molar-refractivity contribution is -0.140. The summed E-state index contributed by atoms with van der Waals surface area (Å²) in [5.41, 5.74) is -0.794. The molecule has 2 aliphatic rings. The van der Waals surface area contributed by atoms with Crippen LogP contribution in [0.3, 0.4) is 0 Å². The van der Waals surface area contributed by atoms with Crippen LogP contribution in [0.5, 0.6) is 0 Å². The van der Waals surface area contributed by atoms with E-state index in [0.29, 0.717) is 25.9 Å².